The van der Waals surface area contributed by atoms with Crippen molar-refractivity contribution in [2.24, 2.45) is 5.92 Å². The van der Waals surface area contributed by atoms with Gasteiger partial charge in [0.1, 0.15) is 11.3 Å². The molecule has 2 rings (SSSR count). The molecule has 17 heavy (non-hydrogen) atoms. The van der Waals surface area contributed by atoms with Gasteiger partial charge in [0.25, 0.3) is 0 Å². The lowest BCUT2D eigenvalue weighted by molar-refractivity contribution is 0.112. The van der Waals surface area contributed by atoms with Crippen molar-refractivity contribution in [2.75, 3.05) is 0 Å². The molecule has 0 saturated carbocycles. The second kappa shape index (κ2) is 4.92. The standard InChI is InChI=1S/C15H20O2/c1-4-7-10(2)15(16)14-11(3)17-13-9-6-5-8-12(13)14/h5-6,8-10,15-16H,4,7H2,1-3H3. The van der Waals surface area contributed by atoms with Crippen LogP contribution in [0.4, 0.5) is 0 Å². The Kier molecular flexibility index (Phi) is 3.53. The zero-order chi connectivity index (χ0) is 12.4. The first-order chi connectivity index (χ1) is 8.15. The van der Waals surface area contributed by atoms with Crippen molar-refractivity contribution < 1.29 is 9.52 Å². The summed E-state index contributed by atoms with van der Waals surface area (Å²) in [5.41, 5.74) is 1.82. The molecule has 2 atom stereocenters. The topological polar surface area (TPSA) is 33.4 Å². The van der Waals surface area contributed by atoms with Gasteiger partial charge in [-0.25, -0.2) is 0 Å². The van der Waals surface area contributed by atoms with Crippen LogP contribution in [0.1, 0.15) is 44.1 Å². The van der Waals surface area contributed by atoms with Crippen LogP contribution in [-0.4, -0.2) is 5.11 Å². The first-order valence-corrected chi connectivity index (χ1v) is 6.31. The zero-order valence-corrected chi connectivity index (χ0v) is 10.7. The second-order valence-electron chi connectivity index (χ2n) is 4.78. The van der Waals surface area contributed by atoms with Crippen molar-refractivity contribution >= 4 is 11.0 Å². The fraction of sp³-hybridized carbons (Fsp3) is 0.467. The van der Waals surface area contributed by atoms with E-state index in [0.717, 1.165) is 35.1 Å². The second-order valence-corrected chi connectivity index (χ2v) is 4.78. The lowest BCUT2D eigenvalue weighted by Gasteiger charge is -2.18. The summed E-state index contributed by atoms with van der Waals surface area (Å²) in [4.78, 5) is 0. The van der Waals surface area contributed by atoms with Crippen LogP contribution >= 0.6 is 0 Å². The Morgan fingerprint density at radius 2 is 2.00 bits per heavy atom. The lowest BCUT2D eigenvalue weighted by atomic mass is 9.92. The van der Waals surface area contributed by atoms with Gasteiger partial charge in [-0.3, -0.25) is 0 Å². The molecule has 1 aromatic carbocycles. The third kappa shape index (κ3) is 2.22. The van der Waals surface area contributed by atoms with Gasteiger partial charge in [-0.05, 0) is 25.3 Å². The summed E-state index contributed by atoms with van der Waals surface area (Å²) in [6, 6.07) is 7.90. The number of para-hydroxylation sites is 1. The van der Waals surface area contributed by atoms with E-state index in [1.54, 1.807) is 0 Å². The largest absolute Gasteiger partial charge is 0.461 e. The quantitative estimate of drug-likeness (QED) is 0.856. The van der Waals surface area contributed by atoms with Crippen LogP contribution in [-0.2, 0) is 0 Å². The van der Waals surface area contributed by atoms with Crippen molar-refractivity contribution in [3.8, 4) is 0 Å². The average molecular weight is 232 g/mol. The zero-order valence-electron chi connectivity index (χ0n) is 10.7. The highest BCUT2D eigenvalue weighted by Crippen LogP contribution is 2.35. The van der Waals surface area contributed by atoms with E-state index >= 15 is 0 Å². The molecule has 1 N–H and O–H groups in total. The third-order valence-corrected chi connectivity index (χ3v) is 3.40. The summed E-state index contributed by atoms with van der Waals surface area (Å²) in [5.74, 6) is 1.10. The van der Waals surface area contributed by atoms with Crippen LogP contribution in [0.5, 0.6) is 0 Å². The number of furan rings is 1. The van der Waals surface area contributed by atoms with Crippen LogP contribution in [0.2, 0.25) is 0 Å². The molecule has 2 aromatic rings. The van der Waals surface area contributed by atoms with Gasteiger partial charge in [-0.15, -0.1) is 0 Å². The van der Waals surface area contributed by atoms with Crippen LogP contribution < -0.4 is 0 Å². The van der Waals surface area contributed by atoms with E-state index in [4.69, 9.17) is 4.42 Å². The highest BCUT2D eigenvalue weighted by atomic mass is 16.3. The van der Waals surface area contributed by atoms with Gasteiger partial charge in [0.15, 0.2) is 0 Å². The van der Waals surface area contributed by atoms with Crippen molar-refractivity contribution in [2.45, 2.75) is 39.7 Å². The maximum absolute atomic E-state index is 10.4. The summed E-state index contributed by atoms with van der Waals surface area (Å²) >= 11 is 0. The normalized spacial score (nSPS) is 15.1. The minimum atomic E-state index is -0.432. The minimum absolute atomic E-state index is 0.264. The molecule has 2 heteroatoms. The van der Waals surface area contributed by atoms with E-state index in [1.165, 1.54) is 0 Å². The number of benzene rings is 1. The number of fused-ring (bicyclic) bond motifs is 1. The predicted molar refractivity (Wildman–Crippen MR) is 70.0 cm³/mol. The van der Waals surface area contributed by atoms with E-state index in [-0.39, 0.29) is 5.92 Å². The Balaban J connectivity index is 2.43. The van der Waals surface area contributed by atoms with Crippen LogP contribution in [0, 0.1) is 12.8 Å². The first kappa shape index (κ1) is 12.2. The minimum Gasteiger partial charge on any atom is -0.461 e. The summed E-state index contributed by atoms with van der Waals surface area (Å²) in [5, 5.41) is 11.5. The Bertz CT molecular complexity index is 499. The van der Waals surface area contributed by atoms with Gasteiger partial charge in [0.05, 0.1) is 6.10 Å². The van der Waals surface area contributed by atoms with E-state index in [9.17, 15) is 5.11 Å². The highest BCUT2D eigenvalue weighted by Gasteiger charge is 2.22. The molecule has 0 spiro atoms. The van der Waals surface area contributed by atoms with Gasteiger partial charge in [0.2, 0.25) is 0 Å². The van der Waals surface area contributed by atoms with Gasteiger partial charge in [-0.1, -0.05) is 38.5 Å². The van der Waals surface area contributed by atoms with Crippen molar-refractivity contribution in [3.05, 3.63) is 35.6 Å². The van der Waals surface area contributed by atoms with Crippen LogP contribution in [0.25, 0.3) is 11.0 Å². The SMILES string of the molecule is CCCC(C)C(O)c1c(C)oc2ccccc12. The number of hydrogen-bond donors (Lipinski definition) is 1. The van der Waals surface area contributed by atoms with E-state index in [0.29, 0.717) is 0 Å². The number of aliphatic hydroxyl groups excluding tert-OH is 1. The predicted octanol–water partition coefficient (Wildman–Crippen LogP) is 4.21. The molecule has 0 aliphatic rings. The summed E-state index contributed by atoms with van der Waals surface area (Å²) < 4.78 is 5.69. The van der Waals surface area contributed by atoms with E-state index in [2.05, 4.69) is 13.8 Å². The molecule has 92 valence electrons. The molecule has 1 aromatic heterocycles. The van der Waals surface area contributed by atoms with Crippen molar-refractivity contribution in [1.29, 1.82) is 0 Å². The number of aryl methyl sites for hydroxylation is 1. The molecule has 2 nitrogen and oxygen atoms in total. The molecule has 0 aliphatic carbocycles. The fourth-order valence-corrected chi connectivity index (χ4v) is 2.45. The molecule has 0 fully saturated rings. The Morgan fingerprint density at radius 1 is 1.29 bits per heavy atom. The van der Waals surface area contributed by atoms with Gasteiger partial charge in [-0.2, -0.15) is 0 Å². The third-order valence-electron chi connectivity index (χ3n) is 3.40. The summed E-state index contributed by atoms with van der Waals surface area (Å²) in [6.45, 7) is 6.16. The van der Waals surface area contributed by atoms with Crippen molar-refractivity contribution in [1.82, 2.24) is 0 Å². The van der Waals surface area contributed by atoms with Crippen LogP contribution in [0.3, 0.4) is 0 Å². The molecule has 0 amide bonds. The Labute approximate surface area is 102 Å². The van der Waals surface area contributed by atoms with Gasteiger partial charge >= 0.3 is 0 Å². The molecule has 1 heterocycles. The van der Waals surface area contributed by atoms with Gasteiger partial charge in [0, 0.05) is 10.9 Å². The molecule has 0 radical (unpaired) electrons. The smallest absolute Gasteiger partial charge is 0.134 e. The Hall–Kier alpha value is -1.28. The monoisotopic (exact) mass is 232 g/mol. The van der Waals surface area contributed by atoms with E-state index in [1.807, 2.05) is 31.2 Å². The molecular formula is C15H20O2. The lowest BCUT2D eigenvalue weighted by Crippen LogP contribution is -2.09. The number of hydrogen-bond acceptors (Lipinski definition) is 2. The van der Waals surface area contributed by atoms with Crippen LogP contribution in [0.15, 0.2) is 28.7 Å². The first-order valence-electron chi connectivity index (χ1n) is 6.31. The maximum Gasteiger partial charge on any atom is 0.134 e. The molecular weight excluding hydrogens is 212 g/mol. The molecule has 0 aliphatic heterocycles. The van der Waals surface area contributed by atoms with E-state index < -0.39 is 6.10 Å². The highest BCUT2D eigenvalue weighted by molar-refractivity contribution is 5.82. The number of aliphatic hydroxyl groups is 1. The number of rotatable bonds is 4. The maximum atomic E-state index is 10.4. The van der Waals surface area contributed by atoms with Gasteiger partial charge < -0.3 is 9.52 Å². The molecule has 0 saturated heterocycles. The van der Waals surface area contributed by atoms with Crippen molar-refractivity contribution in [3.63, 3.8) is 0 Å². The molecule has 0 bridgehead atoms. The summed E-state index contributed by atoms with van der Waals surface area (Å²) in [7, 11) is 0. The fourth-order valence-electron chi connectivity index (χ4n) is 2.45. The molecule has 2 unspecified atom stereocenters. The summed E-state index contributed by atoms with van der Waals surface area (Å²) in [6.07, 6.45) is 1.69. The average Bonchev–Trinajstić information content (AvgIpc) is 2.64. The Morgan fingerprint density at radius 3 is 2.71 bits per heavy atom.